The molecule has 0 radical (unpaired) electrons. The van der Waals surface area contributed by atoms with E-state index in [-0.39, 0.29) is 18.4 Å². The van der Waals surface area contributed by atoms with Gasteiger partial charge in [-0.1, -0.05) is 6.42 Å². The molecule has 3 atom stereocenters. The molecule has 2 N–H and O–H groups in total. The molecule has 0 saturated heterocycles. The van der Waals surface area contributed by atoms with Crippen molar-refractivity contribution in [3.8, 4) is 5.88 Å². The number of amides is 1. The summed E-state index contributed by atoms with van der Waals surface area (Å²) in [4.78, 5) is 16.5. The van der Waals surface area contributed by atoms with E-state index in [1.807, 2.05) is 0 Å². The molecule has 1 amide bonds. The zero-order valence-corrected chi connectivity index (χ0v) is 11.6. The number of nitrogens with one attached hydrogen (secondary N) is 1. The number of methoxy groups -OCH3 is 1. The molecule has 0 spiro atoms. The Labute approximate surface area is 118 Å². The van der Waals surface area contributed by atoms with Gasteiger partial charge in [-0.15, -0.1) is 0 Å². The van der Waals surface area contributed by atoms with Gasteiger partial charge in [-0.25, -0.2) is 4.98 Å². The number of nitrogens with zero attached hydrogens (tertiary/aromatic N) is 1. The van der Waals surface area contributed by atoms with Gasteiger partial charge in [0.05, 0.1) is 13.7 Å². The van der Waals surface area contributed by atoms with E-state index >= 15 is 0 Å². The number of ether oxygens (including phenoxy) is 1. The molecule has 3 rings (SSSR count). The van der Waals surface area contributed by atoms with Crippen LogP contribution in [0.2, 0.25) is 0 Å². The lowest BCUT2D eigenvalue weighted by Crippen LogP contribution is -2.27. The molecule has 2 bridgehead atoms. The monoisotopic (exact) mass is 276 g/mol. The lowest BCUT2D eigenvalue weighted by molar-refractivity contribution is -0.121. The van der Waals surface area contributed by atoms with Crippen molar-refractivity contribution in [2.24, 2.45) is 17.8 Å². The fourth-order valence-electron chi connectivity index (χ4n) is 3.63. The van der Waals surface area contributed by atoms with E-state index in [9.17, 15) is 4.79 Å². The van der Waals surface area contributed by atoms with Crippen molar-refractivity contribution in [1.29, 1.82) is 0 Å². The van der Waals surface area contributed by atoms with Crippen LogP contribution in [0.1, 0.15) is 31.2 Å². The lowest BCUT2D eigenvalue weighted by atomic mass is 9.88. The minimum Gasteiger partial charge on any atom is -0.480 e. The summed E-state index contributed by atoms with van der Waals surface area (Å²) in [6.45, 7) is -0.103. The Morgan fingerprint density at radius 1 is 1.50 bits per heavy atom. The van der Waals surface area contributed by atoms with Crippen LogP contribution in [0.25, 0.3) is 0 Å². The van der Waals surface area contributed by atoms with Gasteiger partial charge in [-0.3, -0.25) is 4.79 Å². The van der Waals surface area contributed by atoms with Crippen LogP contribution in [-0.2, 0) is 11.4 Å². The van der Waals surface area contributed by atoms with E-state index in [2.05, 4.69) is 10.3 Å². The molecule has 2 aliphatic carbocycles. The van der Waals surface area contributed by atoms with Gasteiger partial charge in [0.15, 0.2) is 0 Å². The molecule has 0 aliphatic heterocycles. The van der Waals surface area contributed by atoms with Crippen molar-refractivity contribution in [2.45, 2.75) is 32.3 Å². The highest BCUT2D eigenvalue weighted by atomic mass is 16.5. The summed E-state index contributed by atoms with van der Waals surface area (Å²) < 4.78 is 5.16. The standard InChI is InChI=1S/C15H20N2O3/c1-20-15-13(6-10(8-18)7-16-15)17-14(19)12-5-9-2-3-11(12)4-9/h6-7,9,11-12,18H,2-5,8H2,1H3,(H,17,19). The maximum atomic E-state index is 12.4. The summed E-state index contributed by atoms with van der Waals surface area (Å²) in [6.07, 6.45) is 6.20. The second-order valence-electron chi connectivity index (χ2n) is 5.83. The number of aliphatic hydroxyl groups is 1. The third-order valence-corrected chi connectivity index (χ3v) is 4.62. The molecule has 2 fully saturated rings. The van der Waals surface area contributed by atoms with Crippen molar-refractivity contribution >= 4 is 11.6 Å². The summed E-state index contributed by atoms with van der Waals surface area (Å²) in [5.41, 5.74) is 1.21. The molecular weight excluding hydrogens is 256 g/mol. The van der Waals surface area contributed by atoms with E-state index in [1.54, 1.807) is 12.3 Å². The second-order valence-corrected chi connectivity index (χ2v) is 5.83. The number of hydrogen-bond acceptors (Lipinski definition) is 4. The number of aromatic nitrogens is 1. The highest BCUT2D eigenvalue weighted by molar-refractivity contribution is 5.94. The minimum absolute atomic E-state index is 0.0624. The van der Waals surface area contributed by atoms with Crippen LogP contribution in [0.3, 0.4) is 0 Å². The molecule has 20 heavy (non-hydrogen) atoms. The lowest BCUT2D eigenvalue weighted by Gasteiger charge is -2.21. The number of fused-ring (bicyclic) bond motifs is 2. The number of carbonyl (C=O) groups is 1. The molecule has 0 aromatic carbocycles. The van der Waals surface area contributed by atoms with Crippen molar-refractivity contribution in [1.82, 2.24) is 4.98 Å². The number of hydrogen-bond donors (Lipinski definition) is 2. The van der Waals surface area contributed by atoms with E-state index < -0.39 is 0 Å². The van der Waals surface area contributed by atoms with E-state index in [0.29, 0.717) is 23.0 Å². The molecular formula is C15H20N2O3. The fourth-order valence-corrected chi connectivity index (χ4v) is 3.63. The normalized spacial score (nSPS) is 27.6. The Morgan fingerprint density at radius 2 is 2.35 bits per heavy atom. The van der Waals surface area contributed by atoms with E-state index in [1.165, 1.54) is 26.4 Å². The molecule has 1 aromatic rings. The summed E-state index contributed by atoms with van der Waals surface area (Å²) >= 11 is 0. The third-order valence-electron chi connectivity index (χ3n) is 4.62. The molecule has 5 nitrogen and oxygen atoms in total. The zero-order chi connectivity index (χ0) is 14.1. The SMILES string of the molecule is COc1ncc(CO)cc1NC(=O)C1CC2CCC1C2. The first kappa shape index (κ1) is 13.4. The fraction of sp³-hybridized carbons (Fsp3) is 0.600. The minimum atomic E-state index is -0.103. The number of aliphatic hydroxyl groups excluding tert-OH is 1. The van der Waals surface area contributed by atoms with Crippen molar-refractivity contribution < 1.29 is 14.6 Å². The molecule has 108 valence electrons. The van der Waals surface area contributed by atoms with Crippen molar-refractivity contribution in [2.75, 3.05) is 12.4 Å². The first-order chi connectivity index (χ1) is 9.71. The maximum Gasteiger partial charge on any atom is 0.237 e. The second kappa shape index (κ2) is 5.40. The Bertz CT molecular complexity index is 518. The molecule has 1 heterocycles. The van der Waals surface area contributed by atoms with Gasteiger partial charge in [0.2, 0.25) is 11.8 Å². The van der Waals surface area contributed by atoms with Crippen LogP contribution >= 0.6 is 0 Å². The molecule has 2 saturated carbocycles. The van der Waals surface area contributed by atoms with Gasteiger partial charge in [0.25, 0.3) is 0 Å². The van der Waals surface area contributed by atoms with Crippen LogP contribution in [0, 0.1) is 17.8 Å². The van der Waals surface area contributed by atoms with Crippen LogP contribution in [0.5, 0.6) is 5.88 Å². The van der Waals surface area contributed by atoms with Crippen LogP contribution < -0.4 is 10.1 Å². The summed E-state index contributed by atoms with van der Waals surface area (Å²) in [5, 5.41) is 12.1. The number of carbonyl (C=O) groups excluding carboxylic acids is 1. The summed E-state index contributed by atoms with van der Waals surface area (Å²) in [5.74, 6) is 1.85. The first-order valence-electron chi connectivity index (χ1n) is 7.16. The molecule has 5 heteroatoms. The molecule has 2 aliphatic rings. The Hall–Kier alpha value is -1.62. The Morgan fingerprint density at radius 3 is 2.95 bits per heavy atom. The van der Waals surface area contributed by atoms with Gasteiger partial charge in [-0.2, -0.15) is 0 Å². The summed E-state index contributed by atoms with van der Waals surface area (Å²) in [6, 6.07) is 1.72. The van der Waals surface area contributed by atoms with Gasteiger partial charge in [-0.05, 0) is 42.7 Å². The van der Waals surface area contributed by atoms with E-state index in [4.69, 9.17) is 9.84 Å². The first-order valence-corrected chi connectivity index (χ1v) is 7.16. The van der Waals surface area contributed by atoms with Gasteiger partial charge >= 0.3 is 0 Å². The topological polar surface area (TPSA) is 71.5 Å². The number of rotatable bonds is 4. The smallest absolute Gasteiger partial charge is 0.237 e. The van der Waals surface area contributed by atoms with Gasteiger partial charge in [0, 0.05) is 12.1 Å². The summed E-state index contributed by atoms with van der Waals surface area (Å²) in [7, 11) is 1.52. The quantitative estimate of drug-likeness (QED) is 0.882. The zero-order valence-electron chi connectivity index (χ0n) is 11.6. The largest absolute Gasteiger partial charge is 0.480 e. The Balaban J connectivity index is 1.75. The van der Waals surface area contributed by atoms with Crippen LogP contribution in [-0.4, -0.2) is 23.1 Å². The maximum absolute atomic E-state index is 12.4. The van der Waals surface area contributed by atoms with Crippen LogP contribution in [0.15, 0.2) is 12.3 Å². The third kappa shape index (κ3) is 2.38. The van der Waals surface area contributed by atoms with Gasteiger partial charge < -0.3 is 15.2 Å². The molecule has 1 aromatic heterocycles. The molecule has 3 unspecified atom stereocenters. The van der Waals surface area contributed by atoms with E-state index in [0.717, 1.165) is 12.3 Å². The average molecular weight is 276 g/mol. The van der Waals surface area contributed by atoms with Crippen LogP contribution in [0.4, 0.5) is 5.69 Å². The van der Waals surface area contributed by atoms with Crippen molar-refractivity contribution in [3.05, 3.63) is 17.8 Å². The number of anilines is 1. The predicted molar refractivity (Wildman–Crippen MR) is 74.3 cm³/mol. The highest BCUT2D eigenvalue weighted by Crippen LogP contribution is 2.48. The van der Waals surface area contributed by atoms with Crippen molar-refractivity contribution in [3.63, 3.8) is 0 Å². The highest BCUT2D eigenvalue weighted by Gasteiger charge is 2.43. The van der Waals surface area contributed by atoms with Gasteiger partial charge in [0.1, 0.15) is 5.69 Å². The average Bonchev–Trinajstić information content (AvgIpc) is 3.09. The Kier molecular flexibility index (Phi) is 3.61. The predicted octanol–water partition coefficient (Wildman–Crippen LogP) is 1.96. The number of pyridine rings is 1.